The van der Waals surface area contributed by atoms with Crippen molar-refractivity contribution in [2.24, 2.45) is 5.16 Å². The van der Waals surface area contributed by atoms with Crippen LogP contribution in [0.1, 0.15) is 22.8 Å². The van der Waals surface area contributed by atoms with E-state index in [0.29, 0.717) is 36.6 Å². The Labute approximate surface area is 205 Å². The van der Waals surface area contributed by atoms with Gasteiger partial charge in [-0.1, -0.05) is 28.9 Å². The maximum atomic E-state index is 10.7. The number of carboxylic acid groups (broad SMARTS) is 1. The normalized spacial score (nSPS) is 12.0. The molecule has 1 unspecified atom stereocenters. The fourth-order valence-corrected chi connectivity index (χ4v) is 4.21. The maximum absolute atomic E-state index is 10.7. The van der Waals surface area contributed by atoms with Crippen LogP contribution >= 0.6 is 43.5 Å². The first-order valence-corrected chi connectivity index (χ1v) is 11.0. The molecule has 0 fully saturated rings. The van der Waals surface area contributed by atoms with Crippen molar-refractivity contribution in [3.63, 3.8) is 0 Å². The molecule has 0 spiro atoms. The highest BCUT2D eigenvalue weighted by Crippen LogP contribution is 2.40. The summed E-state index contributed by atoms with van der Waals surface area (Å²) in [4.78, 5) is 15.1. The van der Waals surface area contributed by atoms with Crippen LogP contribution in [0.2, 0.25) is 5.02 Å². The molecule has 0 aliphatic heterocycles. The minimum absolute atomic E-state index is 0.0779. The topological polar surface area (TPSA) is 109 Å². The van der Waals surface area contributed by atoms with E-state index in [4.69, 9.17) is 21.4 Å². The van der Waals surface area contributed by atoms with Crippen molar-refractivity contribution in [3.05, 3.63) is 85.3 Å². The van der Waals surface area contributed by atoms with Crippen molar-refractivity contribution < 1.29 is 29.7 Å². The Morgan fingerprint density at radius 2 is 1.75 bits per heavy atom. The van der Waals surface area contributed by atoms with Gasteiger partial charge in [0.25, 0.3) is 0 Å². The molecule has 0 aliphatic carbocycles. The van der Waals surface area contributed by atoms with E-state index in [9.17, 15) is 15.0 Å². The Morgan fingerprint density at radius 3 is 2.38 bits per heavy atom. The van der Waals surface area contributed by atoms with Gasteiger partial charge < -0.3 is 24.9 Å². The van der Waals surface area contributed by atoms with Gasteiger partial charge in [0.15, 0.2) is 5.75 Å². The number of carboxylic acids is 1. The van der Waals surface area contributed by atoms with Gasteiger partial charge in [-0.3, -0.25) is 0 Å². The zero-order chi connectivity index (χ0) is 23.3. The van der Waals surface area contributed by atoms with Crippen LogP contribution in [0.5, 0.6) is 17.2 Å². The van der Waals surface area contributed by atoms with Crippen molar-refractivity contribution >= 4 is 55.6 Å². The lowest BCUT2D eigenvalue weighted by Crippen LogP contribution is -2.03. The lowest BCUT2D eigenvalue weighted by Gasteiger charge is -2.16. The van der Waals surface area contributed by atoms with Crippen molar-refractivity contribution in [2.75, 3.05) is 6.61 Å². The first-order valence-electron chi connectivity index (χ1n) is 9.05. The summed E-state index contributed by atoms with van der Waals surface area (Å²) in [5.41, 5.74) is 1.47. The average Bonchev–Trinajstić information content (AvgIpc) is 2.75. The van der Waals surface area contributed by atoms with Crippen molar-refractivity contribution in [2.45, 2.75) is 6.10 Å². The Morgan fingerprint density at radius 1 is 1.09 bits per heavy atom. The summed E-state index contributed by atoms with van der Waals surface area (Å²) in [6.07, 6.45) is 0.288. The van der Waals surface area contributed by atoms with Gasteiger partial charge in [0.1, 0.15) is 17.6 Å². The van der Waals surface area contributed by atoms with Crippen LogP contribution in [0.3, 0.4) is 0 Å². The molecule has 0 saturated heterocycles. The van der Waals surface area contributed by atoms with Gasteiger partial charge in [0, 0.05) is 10.6 Å². The van der Waals surface area contributed by atoms with Gasteiger partial charge in [-0.15, -0.1) is 0 Å². The molecule has 0 radical (unpaired) electrons. The van der Waals surface area contributed by atoms with E-state index in [2.05, 4.69) is 41.9 Å². The number of hydrogen-bond donors (Lipinski definition) is 3. The molecule has 32 heavy (non-hydrogen) atoms. The molecule has 0 amide bonds. The molecule has 3 rings (SSSR count). The van der Waals surface area contributed by atoms with Gasteiger partial charge in [-0.05, 0) is 85.5 Å². The Bertz CT molecular complexity index is 1130. The number of nitrogens with zero attached hydrogens (tertiary/aromatic N) is 1. The fraction of sp³-hybridized carbons (Fsp3) is 0.0909. The predicted octanol–water partition coefficient (Wildman–Crippen LogP) is 5.88. The fourth-order valence-electron chi connectivity index (χ4n) is 2.70. The first kappa shape index (κ1) is 24.1. The van der Waals surface area contributed by atoms with Crippen molar-refractivity contribution in [1.29, 1.82) is 0 Å². The number of hydrogen-bond acceptors (Lipinski definition) is 6. The number of benzene rings is 3. The van der Waals surface area contributed by atoms with Crippen LogP contribution in [0, 0.1) is 0 Å². The molecular formula is C22H16Br2ClNO6. The third-order valence-electron chi connectivity index (χ3n) is 4.18. The molecule has 3 aromatic carbocycles. The molecule has 166 valence electrons. The summed E-state index contributed by atoms with van der Waals surface area (Å²) < 4.78 is 7.13. The van der Waals surface area contributed by atoms with Gasteiger partial charge in [-0.2, -0.15) is 0 Å². The SMILES string of the molecule is O=C(O)CON=Cc1cc(Br)c(Oc2ccc(O)c(C(O)c3ccc(Cl)cc3)c2)c(Br)c1. The molecular weight excluding hydrogens is 570 g/mol. The van der Waals surface area contributed by atoms with E-state index in [1.165, 1.54) is 12.3 Å². The third kappa shape index (κ3) is 6.23. The molecule has 0 saturated carbocycles. The summed E-state index contributed by atoms with van der Waals surface area (Å²) in [6.45, 7) is -0.537. The number of carbonyl (C=O) groups is 1. The highest BCUT2D eigenvalue weighted by Gasteiger charge is 2.17. The molecule has 0 aromatic heterocycles. The summed E-state index contributed by atoms with van der Waals surface area (Å²) in [5.74, 6) is -0.363. The van der Waals surface area contributed by atoms with Crippen LogP contribution in [0.15, 0.2) is 68.7 Å². The standard InChI is InChI=1S/C22H16Br2ClNO6/c23-17-7-12(10-26-31-11-20(28)29)8-18(24)22(17)32-15-5-6-19(27)16(9-15)21(30)13-1-3-14(25)4-2-13/h1-10,21,27,30H,11H2,(H,28,29). The largest absolute Gasteiger partial charge is 0.508 e. The number of aliphatic hydroxyl groups is 1. The van der Waals surface area contributed by atoms with E-state index in [-0.39, 0.29) is 11.3 Å². The zero-order valence-corrected chi connectivity index (χ0v) is 20.1. The first-order chi connectivity index (χ1) is 15.2. The maximum Gasteiger partial charge on any atom is 0.344 e. The van der Waals surface area contributed by atoms with Gasteiger partial charge in [0.05, 0.1) is 15.2 Å². The number of aromatic hydroxyl groups is 1. The minimum atomic E-state index is -1.12. The highest BCUT2D eigenvalue weighted by molar-refractivity contribution is 9.11. The molecule has 0 heterocycles. The summed E-state index contributed by atoms with van der Waals surface area (Å²) in [7, 11) is 0. The van der Waals surface area contributed by atoms with Gasteiger partial charge in [-0.25, -0.2) is 4.79 Å². The lowest BCUT2D eigenvalue weighted by atomic mass is 10.0. The van der Waals surface area contributed by atoms with E-state index < -0.39 is 18.7 Å². The van der Waals surface area contributed by atoms with E-state index in [1.807, 2.05) is 0 Å². The molecule has 3 aromatic rings. The van der Waals surface area contributed by atoms with Crippen LogP contribution in [0.4, 0.5) is 0 Å². The van der Waals surface area contributed by atoms with E-state index >= 15 is 0 Å². The second kappa shape index (κ2) is 10.8. The van der Waals surface area contributed by atoms with Gasteiger partial charge in [0.2, 0.25) is 6.61 Å². The average molecular weight is 586 g/mol. The zero-order valence-electron chi connectivity index (χ0n) is 16.2. The third-order valence-corrected chi connectivity index (χ3v) is 5.61. The predicted molar refractivity (Wildman–Crippen MR) is 127 cm³/mol. The van der Waals surface area contributed by atoms with Crippen LogP contribution in [-0.2, 0) is 9.63 Å². The number of rotatable bonds is 8. The second-order valence-corrected chi connectivity index (χ2v) is 8.64. The van der Waals surface area contributed by atoms with E-state index in [0.717, 1.165) is 0 Å². The van der Waals surface area contributed by atoms with Crippen molar-refractivity contribution in [3.8, 4) is 17.2 Å². The minimum Gasteiger partial charge on any atom is -0.508 e. The Hall–Kier alpha value is -2.59. The number of ether oxygens (including phenoxy) is 1. The van der Waals surface area contributed by atoms with Gasteiger partial charge >= 0.3 is 5.97 Å². The number of phenolic OH excluding ortho intramolecular Hbond substituents is 1. The number of halogens is 3. The number of oxime groups is 1. The van der Waals surface area contributed by atoms with E-state index in [1.54, 1.807) is 48.5 Å². The van der Waals surface area contributed by atoms with Crippen LogP contribution < -0.4 is 4.74 Å². The molecule has 0 aliphatic rings. The second-order valence-electron chi connectivity index (χ2n) is 6.49. The molecule has 1 atom stereocenters. The highest BCUT2D eigenvalue weighted by atomic mass is 79.9. The number of aliphatic hydroxyl groups excluding tert-OH is 1. The quantitative estimate of drug-likeness (QED) is 0.225. The summed E-state index contributed by atoms with van der Waals surface area (Å²) >= 11 is 12.8. The summed E-state index contributed by atoms with van der Waals surface area (Å²) in [5, 5.41) is 33.6. The molecule has 3 N–H and O–H groups in total. The number of phenols is 1. The molecule has 10 heteroatoms. The number of aliphatic carboxylic acids is 1. The van der Waals surface area contributed by atoms with Crippen LogP contribution in [-0.4, -0.2) is 34.1 Å². The smallest absolute Gasteiger partial charge is 0.344 e. The van der Waals surface area contributed by atoms with Crippen LogP contribution in [0.25, 0.3) is 0 Å². The Kier molecular flexibility index (Phi) is 8.14. The lowest BCUT2D eigenvalue weighted by molar-refractivity contribution is -0.142. The Balaban J connectivity index is 1.82. The molecule has 7 nitrogen and oxygen atoms in total. The monoisotopic (exact) mass is 583 g/mol. The summed E-state index contributed by atoms with van der Waals surface area (Å²) in [6, 6.07) is 14.6. The van der Waals surface area contributed by atoms with Crippen molar-refractivity contribution in [1.82, 2.24) is 0 Å². The molecule has 0 bridgehead atoms.